The molecule has 1 fully saturated rings. The number of nitrogens with zero attached hydrogens (tertiary/aromatic N) is 1. The highest BCUT2D eigenvalue weighted by Gasteiger charge is 2.45. The number of rotatable bonds is 2. The maximum Gasteiger partial charge on any atom is 0.270 e. The van der Waals surface area contributed by atoms with Crippen molar-refractivity contribution in [1.29, 1.82) is 0 Å². The molecule has 1 saturated heterocycles. The van der Waals surface area contributed by atoms with Crippen LogP contribution in [0.15, 0.2) is 24.0 Å². The molecule has 0 saturated carbocycles. The molecule has 0 aromatic heterocycles. The largest absolute Gasteiger partial charge is 0.507 e. The number of likely N-dealkylation sites (N-methyl/N-ethyl adjacent to an activating group) is 1. The molecule has 1 spiro atoms. The van der Waals surface area contributed by atoms with Crippen LogP contribution in [0.25, 0.3) is 5.57 Å². The van der Waals surface area contributed by atoms with Crippen LogP contribution in [-0.4, -0.2) is 40.9 Å². The first-order chi connectivity index (χ1) is 11.0. The molecular formula is C15H16N2O5S. The molecule has 0 amide bonds. The molecular weight excluding hydrogens is 320 g/mol. The Bertz CT molecular complexity index is 710. The van der Waals surface area contributed by atoms with Crippen LogP contribution >= 0.6 is 12.2 Å². The predicted octanol–water partition coefficient (Wildman–Crippen LogP) is 2.35. The first-order valence-corrected chi connectivity index (χ1v) is 7.61. The molecule has 122 valence electrons. The van der Waals surface area contributed by atoms with E-state index in [9.17, 15) is 15.2 Å². The van der Waals surface area contributed by atoms with Gasteiger partial charge in [-0.15, -0.1) is 0 Å². The van der Waals surface area contributed by atoms with E-state index in [4.69, 9.17) is 21.7 Å². The molecule has 8 heteroatoms. The Hall–Kier alpha value is -2.19. The summed E-state index contributed by atoms with van der Waals surface area (Å²) in [5.74, 6) is 0.482. The second kappa shape index (κ2) is 5.78. The van der Waals surface area contributed by atoms with Crippen LogP contribution in [0.4, 0.5) is 5.69 Å². The maximum absolute atomic E-state index is 11.0. The minimum atomic E-state index is -0.891. The highest BCUT2D eigenvalue weighted by atomic mass is 32.1. The summed E-state index contributed by atoms with van der Waals surface area (Å²) >= 11 is 5.30. The number of benzene rings is 1. The molecule has 1 aromatic rings. The number of nitro benzene ring substituents is 1. The third kappa shape index (κ3) is 2.53. The lowest BCUT2D eigenvalue weighted by Gasteiger charge is -2.41. The number of hydrogen-bond donors (Lipinski definition) is 2. The average Bonchev–Trinajstić information content (AvgIpc) is 2.56. The van der Waals surface area contributed by atoms with Gasteiger partial charge >= 0.3 is 0 Å². The van der Waals surface area contributed by atoms with Crippen molar-refractivity contribution in [2.45, 2.75) is 18.4 Å². The minimum Gasteiger partial charge on any atom is -0.507 e. The Morgan fingerprint density at radius 1 is 1.43 bits per heavy atom. The third-order valence-electron chi connectivity index (χ3n) is 4.17. The number of aliphatic hydroxyl groups is 1. The molecule has 0 bridgehead atoms. The summed E-state index contributed by atoms with van der Waals surface area (Å²) in [6.45, 7) is 0.929. The predicted molar refractivity (Wildman–Crippen MR) is 87.7 cm³/mol. The molecule has 3 rings (SSSR count). The van der Waals surface area contributed by atoms with E-state index in [1.807, 2.05) is 0 Å². The van der Waals surface area contributed by atoms with Crippen molar-refractivity contribution in [2.24, 2.45) is 0 Å². The maximum atomic E-state index is 11.0. The molecule has 2 N–H and O–H groups in total. The van der Waals surface area contributed by atoms with E-state index in [2.05, 4.69) is 5.32 Å². The minimum absolute atomic E-state index is 0.00754. The highest BCUT2D eigenvalue weighted by molar-refractivity contribution is 7.81. The van der Waals surface area contributed by atoms with E-state index in [1.165, 1.54) is 12.1 Å². The van der Waals surface area contributed by atoms with Gasteiger partial charge in [0.05, 0.1) is 23.7 Å². The van der Waals surface area contributed by atoms with Crippen LogP contribution in [0.2, 0.25) is 0 Å². The molecule has 0 radical (unpaired) electrons. The lowest BCUT2D eigenvalue weighted by atomic mass is 9.84. The van der Waals surface area contributed by atoms with E-state index in [1.54, 1.807) is 13.1 Å². The molecule has 23 heavy (non-hydrogen) atoms. The zero-order valence-corrected chi connectivity index (χ0v) is 13.3. The van der Waals surface area contributed by atoms with E-state index < -0.39 is 10.5 Å². The fraction of sp³-hybridized carbons (Fsp3) is 0.400. The smallest absolute Gasteiger partial charge is 0.270 e. The molecule has 2 aliphatic rings. The van der Waals surface area contributed by atoms with E-state index >= 15 is 0 Å². The topological polar surface area (TPSA) is 93.9 Å². The number of thiocarbonyl (C=S) groups is 1. The summed E-state index contributed by atoms with van der Waals surface area (Å²) in [5, 5.41) is 24.7. The van der Waals surface area contributed by atoms with Crippen molar-refractivity contribution in [3.05, 3.63) is 39.6 Å². The first kappa shape index (κ1) is 15.7. The van der Waals surface area contributed by atoms with Crippen LogP contribution < -0.4 is 10.1 Å². The number of hydrogen-bond acceptors (Lipinski definition) is 6. The lowest BCUT2D eigenvalue weighted by molar-refractivity contribution is -0.384. The van der Waals surface area contributed by atoms with Crippen LogP contribution in [0, 0.1) is 10.1 Å². The number of fused-ring (bicyclic) bond motifs is 1. The second-order valence-corrected chi connectivity index (χ2v) is 5.86. The summed E-state index contributed by atoms with van der Waals surface area (Å²) < 4.78 is 11.4. The van der Waals surface area contributed by atoms with Gasteiger partial charge in [0.15, 0.2) is 5.60 Å². The average molecular weight is 336 g/mol. The molecule has 2 heterocycles. The van der Waals surface area contributed by atoms with Gasteiger partial charge in [0, 0.05) is 37.6 Å². The van der Waals surface area contributed by atoms with Gasteiger partial charge in [0.1, 0.15) is 16.5 Å². The van der Waals surface area contributed by atoms with E-state index in [0.29, 0.717) is 47.9 Å². The van der Waals surface area contributed by atoms with E-state index in [-0.39, 0.29) is 11.4 Å². The Labute approximate surface area is 138 Å². The van der Waals surface area contributed by atoms with Gasteiger partial charge in [-0.25, -0.2) is 0 Å². The fourth-order valence-electron chi connectivity index (χ4n) is 2.92. The SMILES string of the molecule is CNC(=S)C1=C(O)C2(CCOCC2)Oc2ccc([N+](=O)[O-])cc21. The number of nitro groups is 1. The van der Waals surface area contributed by atoms with Crippen molar-refractivity contribution in [3.8, 4) is 5.75 Å². The third-order valence-corrected chi connectivity index (χ3v) is 4.58. The monoisotopic (exact) mass is 336 g/mol. The van der Waals surface area contributed by atoms with E-state index in [0.717, 1.165) is 0 Å². The summed E-state index contributed by atoms with van der Waals surface area (Å²) in [7, 11) is 1.64. The first-order valence-electron chi connectivity index (χ1n) is 7.20. The van der Waals surface area contributed by atoms with Crippen molar-refractivity contribution < 1.29 is 19.5 Å². The Morgan fingerprint density at radius 2 is 2.13 bits per heavy atom. The Morgan fingerprint density at radius 3 is 2.74 bits per heavy atom. The number of aliphatic hydroxyl groups excluding tert-OH is 1. The summed E-state index contributed by atoms with van der Waals surface area (Å²) in [6.07, 6.45) is 0.982. The van der Waals surface area contributed by atoms with Gasteiger partial charge in [-0.1, -0.05) is 12.2 Å². The van der Waals surface area contributed by atoms with Gasteiger partial charge in [0.2, 0.25) is 0 Å². The molecule has 7 nitrogen and oxygen atoms in total. The Kier molecular flexibility index (Phi) is 3.95. The normalized spacial score (nSPS) is 19.0. The number of non-ortho nitro benzene ring substituents is 1. The van der Waals surface area contributed by atoms with Crippen molar-refractivity contribution in [3.63, 3.8) is 0 Å². The van der Waals surface area contributed by atoms with Gasteiger partial charge in [-0.05, 0) is 6.07 Å². The highest BCUT2D eigenvalue weighted by Crippen LogP contribution is 2.45. The standard InChI is InChI=1S/C15H16N2O5S/c1-16-14(23)12-10-8-9(17(19)20)2-3-11(10)22-15(13(12)18)4-6-21-7-5-15/h2-3,8,18H,4-7H2,1H3,(H,16,23). The van der Waals surface area contributed by atoms with Gasteiger partial charge < -0.3 is 19.9 Å². The summed E-state index contributed by atoms with van der Waals surface area (Å²) in [5.41, 5.74) is -0.167. The molecule has 1 aromatic carbocycles. The van der Waals surface area contributed by atoms with Crippen LogP contribution in [0.1, 0.15) is 18.4 Å². The second-order valence-electron chi connectivity index (χ2n) is 5.45. The fourth-order valence-corrected chi connectivity index (χ4v) is 3.13. The summed E-state index contributed by atoms with van der Waals surface area (Å²) in [4.78, 5) is 10.9. The lowest BCUT2D eigenvalue weighted by Crippen LogP contribution is -2.47. The number of ether oxygens (including phenoxy) is 2. The van der Waals surface area contributed by atoms with Crippen molar-refractivity contribution in [2.75, 3.05) is 20.3 Å². The Balaban J connectivity index is 2.19. The molecule has 0 aliphatic carbocycles. The van der Waals surface area contributed by atoms with Crippen molar-refractivity contribution >= 4 is 28.5 Å². The van der Waals surface area contributed by atoms with Crippen LogP contribution in [-0.2, 0) is 4.74 Å². The van der Waals surface area contributed by atoms with Crippen LogP contribution in [0.5, 0.6) is 5.75 Å². The quantitative estimate of drug-likeness (QED) is 0.486. The molecule has 0 unspecified atom stereocenters. The molecule has 0 atom stereocenters. The van der Waals surface area contributed by atoms with Gasteiger partial charge in [-0.3, -0.25) is 10.1 Å². The zero-order valence-electron chi connectivity index (χ0n) is 12.5. The summed E-state index contributed by atoms with van der Waals surface area (Å²) in [6, 6.07) is 4.31. The van der Waals surface area contributed by atoms with Gasteiger partial charge in [0.25, 0.3) is 5.69 Å². The van der Waals surface area contributed by atoms with Crippen molar-refractivity contribution in [1.82, 2.24) is 5.32 Å². The number of nitrogens with one attached hydrogen (secondary N) is 1. The van der Waals surface area contributed by atoms with Gasteiger partial charge in [-0.2, -0.15) is 0 Å². The van der Waals surface area contributed by atoms with Crippen LogP contribution in [0.3, 0.4) is 0 Å². The zero-order chi connectivity index (χ0) is 16.6. The molecule has 2 aliphatic heterocycles.